The number of phenols is 1. The van der Waals surface area contributed by atoms with Gasteiger partial charge in [-0.25, -0.2) is 9.18 Å². The van der Waals surface area contributed by atoms with Gasteiger partial charge in [-0.05, 0) is 42.3 Å². The van der Waals surface area contributed by atoms with Crippen molar-refractivity contribution in [3.05, 3.63) is 75.8 Å². The highest BCUT2D eigenvalue weighted by molar-refractivity contribution is 8.03. The van der Waals surface area contributed by atoms with Crippen LogP contribution in [0.15, 0.2) is 57.7 Å². The molecule has 4 rings (SSSR count). The highest BCUT2D eigenvalue weighted by Gasteiger charge is 2.35. The molecule has 0 radical (unpaired) electrons. The van der Waals surface area contributed by atoms with Crippen LogP contribution in [0.25, 0.3) is 11.0 Å². The van der Waals surface area contributed by atoms with Gasteiger partial charge < -0.3 is 19.9 Å². The summed E-state index contributed by atoms with van der Waals surface area (Å²) in [4.78, 5) is 24.6. The molecule has 6 nitrogen and oxygen atoms in total. The van der Waals surface area contributed by atoms with Crippen molar-refractivity contribution in [3.63, 3.8) is 0 Å². The Balaban J connectivity index is 1.68. The second-order valence-electron chi connectivity index (χ2n) is 6.72. The molecular weight excluding hydrogens is 397 g/mol. The quantitative estimate of drug-likeness (QED) is 0.594. The van der Waals surface area contributed by atoms with E-state index in [1.165, 1.54) is 24.5 Å². The number of aliphatic carboxylic acids is 1. The summed E-state index contributed by atoms with van der Waals surface area (Å²) in [7, 11) is 0. The zero-order chi connectivity index (χ0) is 20.7. The number of aromatic hydroxyl groups is 1. The van der Waals surface area contributed by atoms with Gasteiger partial charge in [0.25, 0.3) is 5.91 Å². The predicted octanol–water partition coefficient (Wildman–Crippen LogP) is 4.14. The number of furan rings is 1. The third-order valence-electron chi connectivity index (χ3n) is 4.79. The maximum Gasteiger partial charge on any atom is 0.334 e. The molecule has 1 aliphatic heterocycles. The fourth-order valence-electron chi connectivity index (χ4n) is 3.35. The number of fused-ring (bicyclic) bond motifs is 1. The van der Waals surface area contributed by atoms with Crippen LogP contribution in [-0.4, -0.2) is 27.8 Å². The first-order valence-electron chi connectivity index (χ1n) is 8.73. The van der Waals surface area contributed by atoms with Crippen molar-refractivity contribution >= 4 is 34.6 Å². The van der Waals surface area contributed by atoms with Gasteiger partial charge in [0.05, 0.1) is 22.4 Å². The molecule has 1 unspecified atom stereocenters. The van der Waals surface area contributed by atoms with Gasteiger partial charge in [0.1, 0.15) is 17.1 Å². The Kier molecular flexibility index (Phi) is 4.79. The third-order valence-corrected chi connectivity index (χ3v) is 5.90. The molecular formula is C21H16FNO5S. The molecule has 1 atom stereocenters. The summed E-state index contributed by atoms with van der Waals surface area (Å²) in [6, 6.07) is 9.07. The molecule has 0 bridgehead atoms. The average molecular weight is 413 g/mol. The minimum atomic E-state index is -1.24. The molecule has 0 saturated heterocycles. The van der Waals surface area contributed by atoms with Crippen molar-refractivity contribution in [2.45, 2.75) is 12.8 Å². The average Bonchev–Trinajstić information content (AvgIpc) is 3.27. The van der Waals surface area contributed by atoms with E-state index in [4.69, 9.17) is 4.42 Å². The number of carbonyl (C=O) groups excluding carboxylic acids is 1. The lowest BCUT2D eigenvalue weighted by Crippen LogP contribution is -2.23. The number of halogens is 1. The lowest BCUT2D eigenvalue weighted by atomic mass is 9.92. The summed E-state index contributed by atoms with van der Waals surface area (Å²) in [5.41, 5.74) is 1.29. The second-order valence-corrected chi connectivity index (χ2v) is 7.75. The monoisotopic (exact) mass is 413 g/mol. The minimum absolute atomic E-state index is 0.0461. The molecule has 8 heteroatoms. The summed E-state index contributed by atoms with van der Waals surface area (Å²) in [5.74, 6) is -3.07. The predicted molar refractivity (Wildman–Crippen MR) is 106 cm³/mol. The topological polar surface area (TPSA) is 99.8 Å². The van der Waals surface area contributed by atoms with Crippen LogP contribution in [0, 0.1) is 12.7 Å². The standard InChI is InChI=1S/C21H16FNO5S/c1-10-2-3-12(15(22)6-10)14-9-29-20(18(14)21(26)27)23-19(25)13-8-17-11(4-5-28-17)7-16(13)24/h2-8,14,24H,9H2,1H3,(H,23,25)(H,26,27). The number of amides is 1. The maximum atomic E-state index is 14.4. The number of benzene rings is 2. The van der Waals surface area contributed by atoms with E-state index in [2.05, 4.69) is 5.32 Å². The number of hydrogen-bond acceptors (Lipinski definition) is 5. The lowest BCUT2D eigenvalue weighted by molar-refractivity contribution is -0.132. The van der Waals surface area contributed by atoms with Gasteiger partial charge in [-0.1, -0.05) is 12.1 Å². The van der Waals surface area contributed by atoms with Crippen LogP contribution in [0.2, 0.25) is 0 Å². The summed E-state index contributed by atoms with van der Waals surface area (Å²) in [6.07, 6.45) is 1.43. The number of aryl methyl sites for hydroxylation is 1. The first-order chi connectivity index (χ1) is 13.8. The SMILES string of the molecule is Cc1ccc(C2CSC(NC(=O)c3cc4occc4cc3O)=C2C(=O)O)c(F)c1. The van der Waals surface area contributed by atoms with Gasteiger partial charge in [-0.2, -0.15) is 0 Å². The Morgan fingerprint density at radius 1 is 1.24 bits per heavy atom. The molecule has 148 valence electrons. The molecule has 3 N–H and O–H groups in total. The molecule has 2 aromatic carbocycles. The largest absolute Gasteiger partial charge is 0.507 e. The lowest BCUT2D eigenvalue weighted by Gasteiger charge is -2.13. The Hall–Kier alpha value is -3.26. The van der Waals surface area contributed by atoms with Gasteiger partial charge in [0.15, 0.2) is 0 Å². The zero-order valence-corrected chi connectivity index (χ0v) is 16.0. The van der Waals surface area contributed by atoms with E-state index in [1.54, 1.807) is 25.1 Å². The van der Waals surface area contributed by atoms with Crippen LogP contribution in [0.4, 0.5) is 4.39 Å². The van der Waals surface area contributed by atoms with E-state index in [-0.39, 0.29) is 33.2 Å². The number of rotatable bonds is 4. The minimum Gasteiger partial charge on any atom is -0.507 e. The van der Waals surface area contributed by atoms with Gasteiger partial charge >= 0.3 is 5.97 Å². The Bertz CT molecular complexity index is 1180. The molecule has 2 heterocycles. The molecule has 29 heavy (non-hydrogen) atoms. The van der Waals surface area contributed by atoms with Gasteiger partial charge in [0, 0.05) is 17.1 Å². The number of carboxylic acid groups (broad SMARTS) is 1. The molecule has 1 aliphatic rings. The number of nitrogens with one attached hydrogen (secondary N) is 1. The van der Waals surface area contributed by atoms with Crippen LogP contribution in [0.5, 0.6) is 5.75 Å². The fraction of sp³-hybridized carbons (Fsp3) is 0.143. The van der Waals surface area contributed by atoms with E-state index in [0.29, 0.717) is 11.0 Å². The first-order valence-corrected chi connectivity index (χ1v) is 9.71. The van der Waals surface area contributed by atoms with Crippen molar-refractivity contribution in [2.24, 2.45) is 0 Å². The van der Waals surface area contributed by atoms with Gasteiger partial charge in [-0.3, -0.25) is 4.79 Å². The second kappa shape index (κ2) is 7.29. The van der Waals surface area contributed by atoms with Crippen molar-refractivity contribution in [1.82, 2.24) is 5.32 Å². The highest BCUT2D eigenvalue weighted by Crippen LogP contribution is 2.42. The Morgan fingerprint density at radius 2 is 2.03 bits per heavy atom. The number of thioether (sulfide) groups is 1. The summed E-state index contributed by atoms with van der Waals surface area (Å²) in [5, 5.41) is 23.2. The van der Waals surface area contributed by atoms with Crippen molar-refractivity contribution in [1.29, 1.82) is 0 Å². The summed E-state index contributed by atoms with van der Waals surface area (Å²) in [6.45, 7) is 1.75. The first kappa shape index (κ1) is 19.1. The molecule has 0 spiro atoms. The van der Waals surface area contributed by atoms with E-state index in [9.17, 15) is 24.2 Å². The molecule has 1 amide bonds. The Morgan fingerprint density at radius 3 is 2.76 bits per heavy atom. The highest BCUT2D eigenvalue weighted by atomic mass is 32.2. The number of hydrogen-bond donors (Lipinski definition) is 3. The van der Waals surface area contributed by atoms with E-state index in [1.807, 2.05) is 0 Å². The third kappa shape index (κ3) is 3.47. The Labute approximate surface area is 169 Å². The zero-order valence-electron chi connectivity index (χ0n) is 15.2. The molecule has 0 saturated carbocycles. The normalized spacial score (nSPS) is 16.4. The van der Waals surface area contributed by atoms with E-state index >= 15 is 0 Å². The van der Waals surface area contributed by atoms with Crippen molar-refractivity contribution in [3.8, 4) is 5.75 Å². The van der Waals surface area contributed by atoms with Crippen LogP contribution < -0.4 is 5.32 Å². The van der Waals surface area contributed by atoms with Crippen molar-refractivity contribution < 1.29 is 28.6 Å². The smallest absolute Gasteiger partial charge is 0.334 e. The van der Waals surface area contributed by atoms with Crippen LogP contribution in [0.3, 0.4) is 0 Å². The van der Waals surface area contributed by atoms with Crippen LogP contribution in [0.1, 0.15) is 27.4 Å². The molecule has 0 aliphatic carbocycles. The molecule has 1 aromatic heterocycles. The molecule has 0 fully saturated rings. The fourth-order valence-corrected chi connectivity index (χ4v) is 4.57. The summed E-state index contributed by atoms with van der Waals surface area (Å²) >= 11 is 1.12. The maximum absolute atomic E-state index is 14.4. The number of phenolic OH excluding ortho intramolecular Hbond substituents is 1. The van der Waals surface area contributed by atoms with Gasteiger partial charge in [-0.15, -0.1) is 11.8 Å². The van der Waals surface area contributed by atoms with Crippen LogP contribution >= 0.6 is 11.8 Å². The summed E-state index contributed by atoms with van der Waals surface area (Å²) < 4.78 is 19.7. The van der Waals surface area contributed by atoms with Crippen molar-refractivity contribution in [2.75, 3.05) is 5.75 Å². The molecule has 3 aromatic rings. The van der Waals surface area contributed by atoms with Gasteiger partial charge in [0.2, 0.25) is 0 Å². The number of carbonyl (C=O) groups is 2. The van der Waals surface area contributed by atoms with E-state index < -0.39 is 23.6 Å². The van der Waals surface area contributed by atoms with E-state index in [0.717, 1.165) is 17.3 Å². The number of carboxylic acids is 1. The van der Waals surface area contributed by atoms with Crippen LogP contribution in [-0.2, 0) is 4.79 Å².